The van der Waals surface area contributed by atoms with E-state index in [1.54, 1.807) is 6.20 Å². The molecular weight excluding hydrogens is 382 g/mol. The van der Waals surface area contributed by atoms with Crippen LogP contribution in [0, 0.1) is 5.92 Å². The number of aromatic nitrogens is 2. The minimum atomic E-state index is 0.151. The lowest BCUT2D eigenvalue weighted by atomic mass is 9.75. The van der Waals surface area contributed by atoms with Crippen LogP contribution in [0.25, 0.3) is 10.9 Å². The van der Waals surface area contributed by atoms with Gasteiger partial charge >= 0.3 is 0 Å². The van der Waals surface area contributed by atoms with Gasteiger partial charge in [-0.2, -0.15) is 0 Å². The predicted molar refractivity (Wildman–Crippen MR) is 116 cm³/mol. The van der Waals surface area contributed by atoms with Gasteiger partial charge < -0.3 is 5.32 Å². The summed E-state index contributed by atoms with van der Waals surface area (Å²) in [5.74, 6) is 1.29. The van der Waals surface area contributed by atoms with Crippen molar-refractivity contribution in [2.75, 3.05) is 5.32 Å². The fourth-order valence-electron chi connectivity index (χ4n) is 4.65. The molecule has 0 spiro atoms. The lowest BCUT2D eigenvalue weighted by Gasteiger charge is -2.31. The molecule has 2 heterocycles. The molecule has 148 valence electrons. The van der Waals surface area contributed by atoms with E-state index < -0.39 is 0 Å². The molecule has 2 fully saturated rings. The number of nitrogens with one attached hydrogen (secondary N) is 1. The number of hydrogen-bond acceptors (Lipinski definition) is 3. The summed E-state index contributed by atoms with van der Waals surface area (Å²) in [6, 6.07) is 10.0. The highest BCUT2D eigenvalue weighted by molar-refractivity contribution is 6.30. The first-order valence-electron chi connectivity index (χ1n) is 10.5. The lowest BCUT2D eigenvalue weighted by molar-refractivity contribution is -0.117. The van der Waals surface area contributed by atoms with E-state index in [1.165, 1.54) is 16.5 Å². The van der Waals surface area contributed by atoms with Gasteiger partial charge in [-0.05, 0) is 91.8 Å². The van der Waals surface area contributed by atoms with Gasteiger partial charge in [0.25, 0.3) is 0 Å². The van der Waals surface area contributed by atoms with Crippen molar-refractivity contribution in [1.82, 2.24) is 9.97 Å². The third-order valence-corrected chi connectivity index (χ3v) is 6.64. The van der Waals surface area contributed by atoms with E-state index in [9.17, 15) is 4.79 Å². The summed E-state index contributed by atoms with van der Waals surface area (Å²) in [5, 5.41) is 5.05. The Labute approximate surface area is 175 Å². The van der Waals surface area contributed by atoms with Crippen LogP contribution < -0.4 is 5.32 Å². The third kappa shape index (κ3) is 3.86. The predicted octanol–water partition coefficient (Wildman–Crippen LogP) is 6.07. The number of hydrogen-bond donors (Lipinski definition) is 1. The molecule has 1 N–H and O–H groups in total. The smallest absolute Gasteiger partial charge is 0.227 e. The molecule has 3 aromatic rings. The van der Waals surface area contributed by atoms with Crippen molar-refractivity contribution >= 4 is 34.1 Å². The Hall–Kier alpha value is -2.46. The van der Waals surface area contributed by atoms with Gasteiger partial charge in [-0.15, -0.1) is 0 Å². The highest BCUT2D eigenvalue weighted by Gasteiger charge is 2.31. The van der Waals surface area contributed by atoms with E-state index in [4.69, 9.17) is 11.6 Å². The second-order valence-electron chi connectivity index (χ2n) is 8.34. The number of nitrogens with zero attached hydrogens (tertiary/aromatic N) is 2. The van der Waals surface area contributed by atoms with Crippen LogP contribution in [0.4, 0.5) is 5.69 Å². The van der Waals surface area contributed by atoms with Crippen LogP contribution in [0.2, 0.25) is 5.02 Å². The van der Waals surface area contributed by atoms with Crippen molar-refractivity contribution < 1.29 is 4.79 Å². The quantitative estimate of drug-likeness (QED) is 0.572. The Morgan fingerprint density at radius 3 is 2.45 bits per heavy atom. The molecular formula is C24H24ClN3O. The SMILES string of the molecule is O=C(Nc1ccc(Cl)cc1C1CCC(c2ccnc3ccncc23)CC1)C1CC1. The highest BCUT2D eigenvalue weighted by atomic mass is 35.5. The average Bonchev–Trinajstić information content (AvgIpc) is 3.60. The number of anilines is 1. The van der Waals surface area contributed by atoms with Crippen molar-refractivity contribution in [1.29, 1.82) is 0 Å². The normalized spacial score (nSPS) is 21.8. The Bertz CT molecular complexity index is 1050. The number of amides is 1. The van der Waals surface area contributed by atoms with Crippen molar-refractivity contribution in [3.8, 4) is 0 Å². The average molecular weight is 406 g/mol. The van der Waals surface area contributed by atoms with E-state index >= 15 is 0 Å². The molecule has 5 rings (SSSR count). The standard InChI is InChI=1S/C24H24ClN3O/c25-18-7-8-23(28-24(29)17-5-6-17)20(13-18)16-3-1-15(2-4-16)19-9-12-27-22-10-11-26-14-21(19)22/h7-17H,1-6H2,(H,28,29). The van der Waals surface area contributed by atoms with Gasteiger partial charge in [-0.3, -0.25) is 14.8 Å². The summed E-state index contributed by atoms with van der Waals surface area (Å²) in [6.07, 6.45) is 12.1. The zero-order chi connectivity index (χ0) is 19.8. The minimum absolute atomic E-state index is 0.151. The summed E-state index contributed by atoms with van der Waals surface area (Å²) < 4.78 is 0. The molecule has 0 atom stereocenters. The monoisotopic (exact) mass is 405 g/mol. The molecule has 5 heteroatoms. The molecule has 0 aliphatic heterocycles. The van der Waals surface area contributed by atoms with E-state index in [0.717, 1.165) is 54.8 Å². The molecule has 2 saturated carbocycles. The fraction of sp³-hybridized carbons (Fsp3) is 0.375. The van der Waals surface area contributed by atoms with Crippen LogP contribution in [-0.2, 0) is 4.79 Å². The summed E-state index contributed by atoms with van der Waals surface area (Å²) in [7, 11) is 0. The Balaban J connectivity index is 1.35. The van der Waals surface area contributed by atoms with E-state index in [0.29, 0.717) is 11.8 Å². The van der Waals surface area contributed by atoms with E-state index in [1.807, 2.05) is 36.7 Å². The van der Waals surface area contributed by atoms with Crippen molar-refractivity contribution in [3.05, 3.63) is 65.1 Å². The van der Waals surface area contributed by atoms with Crippen LogP contribution in [0.1, 0.15) is 61.5 Å². The molecule has 1 amide bonds. The maximum Gasteiger partial charge on any atom is 0.227 e. The first kappa shape index (κ1) is 18.6. The van der Waals surface area contributed by atoms with Gasteiger partial charge in [0.2, 0.25) is 5.91 Å². The van der Waals surface area contributed by atoms with Crippen LogP contribution >= 0.6 is 11.6 Å². The summed E-state index contributed by atoms with van der Waals surface area (Å²) in [4.78, 5) is 21.1. The number of rotatable bonds is 4. The lowest BCUT2D eigenvalue weighted by Crippen LogP contribution is -2.18. The van der Waals surface area contributed by atoms with Crippen molar-refractivity contribution in [2.45, 2.75) is 50.4 Å². The molecule has 2 aliphatic rings. The molecule has 4 nitrogen and oxygen atoms in total. The maximum absolute atomic E-state index is 12.3. The molecule has 0 saturated heterocycles. The molecule has 0 radical (unpaired) electrons. The van der Waals surface area contributed by atoms with Crippen LogP contribution in [0.3, 0.4) is 0 Å². The zero-order valence-electron chi connectivity index (χ0n) is 16.3. The second kappa shape index (κ2) is 7.75. The third-order valence-electron chi connectivity index (χ3n) is 6.40. The van der Waals surface area contributed by atoms with E-state index in [2.05, 4.69) is 21.4 Å². The Morgan fingerprint density at radius 2 is 1.69 bits per heavy atom. The minimum Gasteiger partial charge on any atom is -0.326 e. The van der Waals surface area contributed by atoms with Gasteiger partial charge in [0, 0.05) is 40.6 Å². The first-order valence-corrected chi connectivity index (χ1v) is 10.9. The first-order chi connectivity index (χ1) is 14.2. The topological polar surface area (TPSA) is 54.9 Å². The molecule has 0 bridgehead atoms. The van der Waals surface area contributed by atoms with Crippen LogP contribution in [-0.4, -0.2) is 15.9 Å². The number of pyridine rings is 2. The fourth-order valence-corrected chi connectivity index (χ4v) is 4.83. The molecule has 2 aromatic heterocycles. The van der Waals surface area contributed by atoms with Gasteiger partial charge in [0.15, 0.2) is 0 Å². The largest absolute Gasteiger partial charge is 0.326 e. The van der Waals surface area contributed by atoms with Crippen molar-refractivity contribution in [2.24, 2.45) is 5.92 Å². The second-order valence-corrected chi connectivity index (χ2v) is 8.77. The molecule has 2 aliphatic carbocycles. The van der Waals surface area contributed by atoms with Gasteiger partial charge in [0.05, 0.1) is 5.52 Å². The van der Waals surface area contributed by atoms with Gasteiger partial charge in [-0.1, -0.05) is 11.6 Å². The summed E-state index contributed by atoms with van der Waals surface area (Å²) in [6.45, 7) is 0. The number of benzene rings is 1. The van der Waals surface area contributed by atoms with Crippen molar-refractivity contribution in [3.63, 3.8) is 0 Å². The summed E-state index contributed by atoms with van der Waals surface area (Å²) >= 11 is 6.31. The number of fused-ring (bicyclic) bond motifs is 1. The number of halogens is 1. The Morgan fingerprint density at radius 1 is 0.931 bits per heavy atom. The molecule has 1 aromatic carbocycles. The zero-order valence-corrected chi connectivity index (χ0v) is 17.0. The highest BCUT2D eigenvalue weighted by Crippen LogP contribution is 2.44. The molecule has 29 heavy (non-hydrogen) atoms. The Kier molecular flexibility index (Phi) is 4.96. The van der Waals surface area contributed by atoms with Crippen LogP contribution in [0.15, 0.2) is 48.9 Å². The van der Waals surface area contributed by atoms with Crippen LogP contribution in [0.5, 0.6) is 0 Å². The molecule has 0 unspecified atom stereocenters. The van der Waals surface area contributed by atoms with Gasteiger partial charge in [0.1, 0.15) is 0 Å². The summed E-state index contributed by atoms with van der Waals surface area (Å²) in [5.41, 5.74) is 4.49. The van der Waals surface area contributed by atoms with E-state index in [-0.39, 0.29) is 11.8 Å². The number of carbonyl (C=O) groups is 1. The van der Waals surface area contributed by atoms with Gasteiger partial charge in [-0.25, -0.2) is 0 Å². The maximum atomic E-state index is 12.3. The number of carbonyl (C=O) groups excluding carboxylic acids is 1.